The summed E-state index contributed by atoms with van der Waals surface area (Å²) in [7, 11) is 0. The molecule has 4 aromatic rings. The van der Waals surface area contributed by atoms with Gasteiger partial charge < -0.3 is 59.1 Å². The first-order valence-corrected chi connectivity index (χ1v) is 28.4. The van der Waals surface area contributed by atoms with Crippen molar-refractivity contribution >= 4 is 68.1 Å². The predicted molar refractivity (Wildman–Crippen MR) is 296 cm³/mol. The fourth-order valence-electron chi connectivity index (χ4n) is 9.18. The molecule has 0 amide bonds. The molecule has 0 fully saturated rings. The predicted octanol–water partition coefficient (Wildman–Crippen LogP) is 13.6. The van der Waals surface area contributed by atoms with Gasteiger partial charge in [0.05, 0.1) is 39.6 Å². The van der Waals surface area contributed by atoms with Crippen molar-refractivity contribution in [2.24, 2.45) is 0 Å². The minimum Gasteiger partial charge on any atom is -0.490 e. The van der Waals surface area contributed by atoms with Gasteiger partial charge in [-0.25, -0.2) is 0 Å². The van der Waals surface area contributed by atoms with Crippen molar-refractivity contribution in [2.45, 2.75) is 193 Å². The van der Waals surface area contributed by atoms with Crippen LogP contribution < -0.4 is 28.4 Å². The second-order valence-corrected chi connectivity index (χ2v) is 20.0. The lowest BCUT2D eigenvalue weighted by atomic mass is 9.93. The second kappa shape index (κ2) is 37.2. The van der Waals surface area contributed by atoms with Crippen LogP contribution in [0.1, 0.15) is 193 Å². The molecule has 0 aromatic heterocycles. The topological polar surface area (TPSA) is 279 Å². The Balaban J connectivity index is 1.88. The van der Waals surface area contributed by atoms with Crippen LogP contribution in [0.3, 0.4) is 0 Å². The molecule has 0 atom stereocenters. The minimum absolute atomic E-state index is 0.103. The van der Waals surface area contributed by atoms with Gasteiger partial charge in [-0.15, -0.1) is 0 Å². The lowest BCUT2D eigenvalue weighted by Gasteiger charge is -2.21. The molecule has 0 radical (unpaired) electrons. The minimum atomic E-state index is -0.829. The summed E-state index contributed by atoms with van der Waals surface area (Å²) in [4.78, 5) is 66.8. The van der Waals surface area contributed by atoms with Crippen LogP contribution in [0.5, 0.6) is 34.5 Å². The van der Waals surface area contributed by atoms with Crippen molar-refractivity contribution < 1.29 is 87.8 Å². The fraction of sp³-hybridized carbons (Fsp3) is 0.600. The molecule has 18 nitrogen and oxygen atoms in total. The lowest BCUT2D eigenvalue weighted by Crippen LogP contribution is -2.05. The van der Waals surface area contributed by atoms with Gasteiger partial charge >= 0.3 is 35.8 Å². The smallest absolute Gasteiger partial charge is 0.303 e. The van der Waals surface area contributed by atoms with Crippen LogP contribution in [-0.2, 0) is 28.8 Å². The molecule has 0 aliphatic carbocycles. The highest BCUT2D eigenvalue weighted by Gasteiger charge is 2.21. The van der Waals surface area contributed by atoms with E-state index >= 15 is 0 Å². The van der Waals surface area contributed by atoms with Gasteiger partial charge in [-0.1, -0.05) is 77.0 Å². The largest absolute Gasteiger partial charge is 0.490 e. The van der Waals surface area contributed by atoms with E-state index in [-0.39, 0.29) is 38.5 Å². The molecule has 0 spiro atoms. The molecule has 0 unspecified atom stereocenters. The third kappa shape index (κ3) is 25.2. The molecule has 0 aliphatic rings. The van der Waals surface area contributed by atoms with E-state index in [1.165, 1.54) is 0 Å². The van der Waals surface area contributed by atoms with Crippen LogP contribution in [0, 0.1) is 0 Å². The maximum atomic E-state index is 11.1. The van der Waals surface area contributed by atoms with Crippen molar-refractivity contribution in [3.8, 4) is 34.5 Å². The summed E-state index contributed by atoms with van der Waals surface area (Å²) in [6, 6.07) is 11.8. The molecular formula is C60H84O18. The van der Waals surface area contributed by atoms with E-state index in [0.717, 1.165) is 109 Å². The van der Waals surface area contributed by atoms with Crippen LogP contribution in [0.25, 0.3) is 32.3 Å². The molecule has 78 heavy (non-hydrogen) atoms. The summed E-state index contributed by atoms with van der Waals surface area (Å²) in [6.07, 6.45) is 17.2. The number of unbranched alkanes of at least 4 members (excludes halogenated alkanes) is 18. The Hall–Kier alpha value is -6.72. The Bertz CT molecular complexity index is 2030. The van der Waals surface area contributed by atoms with Gasteiger partial charge in [0.1, 0.15) is 0 Å². The molecule has 0 bridgehead atoms. The third-order valence-electron chi connectivity index (χ3n) is 13.4. The highest BCUT2D eigenvalue weighted by molar-refractivity contribution is 6.27. The summed E-state index contributed by atoms with van der Waals surface area (Å²) in [5.74, 6) is -1.92. The molecule has 6 N–H and O–H groups in total. The van der Waals surface area contributed by atoms with Gasteiger partial charge in [-0.05, 0) is 146 Å². The number of aliphatic carboxylic acids is 6. The summed E-state index contributed by atoms with van der Waals surface area (Å²) in [6.45, 7) is 2.08. The van der Waals surface area contributed by atoms with Crippen LogP contribution >= 0.6 is 0 Å². The number of benzene rings is 4. The van der Waals surface area contributed by atoms with E-state index in [4.69, 9.17) is 59.1 Å². The third-order valence-corrected chi connectivity index (χ3v) is 13.4. The number of carboxylic acids is 6. The zero-order valence-corrected chi connectivity index (χ0v) is 45.5. The van der Waals surface area contributed by atoms with Crippen LogP contribution in [0.15, 0.2) is 36.4 Å². The van der Waals surface area contributed by atoms with E-state index in [1.54, 1.807) is 0 Å². The van der Waals surface area contributed by atoms with Gasteiger partial charge in [0, 0.05) is 38.5 Å². The van der Waals surface area contributed by atoms with E-state index in [0.29, 0.717) is 151 Å². The summed E-state index contributed by atoms with van der Waals surface area (Å²) in [5, 5.41) is 59.8. The normalized spacial score (nSPS) is 11.2. The van der Waals surface area contributed by atoms with E-state index in [2.05, 4.69) is 0 Å². The zero-order chi connectivity index (χ0) is 56.3. The van der Waals surface area contributed by atoms with Crippen molar-refractivity contribution in [2.75, 3.05) is 39.6 Å². The van der Waals surface area contributed by atoms with E-state index in [9.17, 15) is 28.8 Å². The van der Waals surface area contributed by atoms with Crippen LogP contribution in [-0.4, -0.2) is 106 Å². The molecule has 0 aliphatic heterocycles. The van der Waals surface area contributed by atoms with Gasteiger partial charge in [0.15, 0.2) is 34.5 Å². The van der Waals surface area contributed by atoms with E-state index < -0.39 is 35.8 Å². The number of rotatable bonds is 48. The molecule has 0 saturated carbocycles. The summed E-state index contributed by atoms with van der Waals surface area (Å²) in [5.41, 5.74) is 0. The van der Waals surface area contributed by atoms with Crippen molar-refractivity contribution in [3.05, 3.63) is 36.4 Å². The number of hydrogen-bond acceptors (Lipinski definition) is 12. The quantitative estimate of drug-likeness (QED) is 0.0177. The first-order chi connectivity index (χ1) is 37.7. The van der Waals surface area contributed by atoms with Gasteiger partial charge in [-0.3, -0.25) is 28.8 Å². The Morgan fingerprint density at radius 1 is 0.218 bits per heavy atom. The van der Waals surface area contributed by atoms with Crippen molar-refractivity contribution in [1.29, 1.82) is 0 Å². The number of fused-ring (bicyclic) bond motifs is 6. The zero-order valence-electron chi connectivity index (χ0n) is 45.5. The highest BCUT2D eigenvalue weighted by Crippen LogP contribution is 2.47. The summed E-state index contributed by atoms with van der Waals surface area (Å²) >= 11 is 0. The Labute approximate surface area is 457 Å². The summed E-state index contributed by atoms with van der Waals surface area (Å²) < 4.78 is 39.3. The van der Waals surface area contributed by atoms with Gasteiger partial charge in [0.2, 0.25) is 0 Å². The fourth-order valence-corrected chi connectivity index (χ4v) is 9.18. The van der Waals surface area contributed by atoms with Crippen molar-refractivity contribution in [3.63, 3.8) is 0 Å². The van der Waals surface area contributed by atoms with Gasteiger partial charge in [-0.2, -0.15) is 0 Å². The first kappa shape index (κ1) is 63.8. The molecule has 4 aromatic carbocycles. The molecule has 0 saturated heterocycles. The Morgan fingerprint density at radius 3 is 0.474 bits per heavy atom. The average Bonchev–Trinajstić information content (AvgIpc) is 3.42. The molecule has 432 valence electrons. The second-order valence-electron chi connectivity index (χ2n) is 20.0. The number of hydrogen-bond donors (Lipinski definition) is 6. The monoisotopic (exact) mass is 1090 g/mol. The maximum absolute atomic E-state index is 11.1. The van der Waals surface area contributed by atoms with Crippen molar-refractivity contribution in [1.82, 2.24) is 0 Å². The number of carboxylic acid groups (broad SMARTS) is 6. The molecule has 0 heterocycles. The number of carbonyl (C=O) groups is 6. The Kier molecular flexibility index (Phi) is 30.4. The highest BCUT2D eigenvalue weighted by atomic mass is 16.5. The molecule has 4 rings (SSSR count). The lowest BCUT2D eigenvalue weighted by molar-refractivity contribution is -0.138. The Morgan fingerprint density at radius 2 is 0.346 bits per heavy atom. The molecule has 18 heteroatoms. The van der Waals surface area contributed by atoms with Crippen LogP contribution in [0.4, 0.5) is 0 Å². The first-order valence-electron chi connectivity index (χ1n) is 28.4. The molecular weight excluding hydrogens is 1010 g/mol. The number of ether oxygens (including phenoxy) is 6. The standard InChI is InChI=1S/C60H84O18/c61-55(62)25-13-1-7-19-31-73-49-37-43-44(38-50(49)74-32-20-8-2-14-26-56(63)64)46-40-52(76-34-22-10-4-16-28-58(67)68)54(78-36-24-12-6-18-30-60(71)72)42-48(46)47-41-53(77-35-23-11-5-17-29-59(69)70)51(39-45(43)47)75-33-21-9-3-15-27-57(65)66/h37-42H,1-36H2,(H,61,62)(H,63,64)(H,65,66)(H,67,68)(H,69,70)(H,71,72). The maximum Gasteiger partial charge on any atom is 0.303 e. The van der Waals surface area contributed by atoms with Crippen LogP contribution in [0.2, 0.25) is 0 Å². The SMILES string of the molecule is O=C(O)CCCCCCOc1cc2c3cc(OCCCCCCC(=O)O)c(OCCCCCCC(=O)O)cc3c3cc(OCCCCCCC(=O)O)c(OCCCCCCC(=O)O)cc3c2cc1OCCCCCCC(=O)O. The average molecular weight is 1090 g/mol. The van der Waals surface area contributed by atoms with Gasteiger partial charge in [0.25, 0.3) is 0 Å². The van der Waals surface area contributed by atoms with E-state index in [1.807, 2.05) is 36.4 Å².